The molecule has 34 heavy (non-hydrogen) atoms. The molecule has 0 spiro atoms. The summed E-state index contributed by atoms with van der Waals surface area (Å²) in [5, 5.41) is 13.2. The molecule has 1 unspecified atom stereocenters. The van der Waals surface area contributed by atoms with E-state index in [0.717, 1.165) is 23.5 Å². The molecule has 2 aromatic heterocycles. The molecule has 0 radical (unpaired) electrons. The number of carbonyl (C=O) groups is 2. The number of pyridine rings is 1. The molecule has 178 valence electrons. The lowest BCUT2D eigenvalue weighted by atomic mass is 10.1. The zero-order chi connectivity index (χ0) is 24.6. The zero-order valence-corrected chi connectivity index (χ0v) is 19.2. The molecule has 3 aromatic rings. The van der Waals surface area contributed by atoms with Crippen LogP contribution in [0.3, 0.4) is 0 Å². The Hall–Kier alpha value is -2.90. The van der Waals surface area contributed by atoms with Crippen molar-refractivity contribution >= 4 is 57.5 Å². The summed E-state index contributed by atoms with van der Waals surface area (Å²) < 4.78 is 53.3. The van der Waals surface area contributed by atoms with Gasteiger partial charge in [-0.05, 0) is 18.2 Å². The van der Waals surface area contributed by atoms with E-state index < -0.39 is 35.5 Å². The van der Waals surface area contributed by atoms with Crippen LogP contribution in [-0.2, 0) is 11.0 Å². The van der Waals surface area contributed by atoms with E-state index in [1.165, 1.54) is 34.3 Å². The number of thiazole rings is 1. The van der Waals surface area contributed by atoms with Gasteiger partial charge in [-0.1, -0.05) is 17.7 Å². The van der Waals surface area contributed by atoms with E-state index in [1.807, 2.05) is 0 Å². The second kappa shape index (κ2) is 9.39. The molecule has 0 bridgehead atoms. The lowest BCUT2D eigenvalue weighted by Gasteiger charge is -2.22. The van der Waals surface area contributed by atoms with E-state index in [-0.39, 0.29) is 32.8 Å². The number of halogens is 5. The van der Waals surface area contributed by atoms with Gasteiger partial charge in [-0.25, -0.2) is 19.2 Å². The van der Waals surface area contributed by atoms with Crippen molar-refractivity contribution in [3.63, 3.8) is 0 Å². The Balaban J connectivity index is 1.52. The average Bonchev–Trinajstić information content (AvgIpc) is 3.43. The molecule has 1 aliphatic heterocycles. The molecule has 1 atom stereocenters. The van der Waals surface area contributed by atoms with Crippen LogP contribution in [0.15, 0.2) is 35.8 Å². The minimum absolute atomic E-state index is 0.0268. The number of thioether (sulfide) groups is 1. The molecule has 0 saturated carbocycles. The van der Waals surface area contributed by atoms with Gasteiger partial charge >= 0.3 is 12.1 Å². The van der Waals surface area contributed by atoms with Gasteiger partial charge in [0, 0.05) is 22.9 Å². The van der Waals surface area contributed by atoms with Gasteiger partial charge in [-0.15, -0.1) is 23.1 Å². The first-order valence-corrected chi connectivity index (χ1v) is 11.8. The lowest BCUT2D eigenvalue weighted by molar-refractivity contribution is -0.140. The van der Waals surface area contributed by atoms with Crippen LogP contribution in [0.5, 0.6) is 0 Å². The van der Waals surface area contributed by atoms with Crippen molar-refractivity contribution in [1.82, 2.24) is 9.97 Å². The predicted octanol–water partition coefficient (Wildman–Crippen LogP) is 5.23. The van der Waals surface area contributed by atoms with Gasteiger partial charge in [0.25, 0.3) is 5.91 Å². The minimum Gasteiger partial charge on any atom is -0.480 e. The molecule has 1 fully saturated rings. The van der Waals surface area contributed by atoms with Crippen molar-refractivity contribution < 1.29 is 32.3 Å². The first-order valence-electron chi connectivity index (χ1n) is 9.42. The van der Waals surface area contributed by atoms with Crippen molar-refractivity contribution in [3.05, 3.63) is 57.8 Å². The molecule has 2 N–H and O–H groups in total. The fraction of sp³-hybridized carbons (Fsp3) is 0.200. The summed E-state index contributed by atoms with van der Waals surface area (Å²) >= 11 is 8.56. The lowest BCUT2D eigenvalue weighted by Crippen LogP contribution is -2.38. The highest BCUT2D eigenvalue weighted by Crippen LogP contribution is 2.36. The number of anilines is 2. The Kier molecular flexibility index (Phi) is 6.69. The third-order valence-electron chi connectivity index (χ3n) is 4.83. The van der Waals surface area contributed by atoms with Crippen LogP contribution >= 0.6 is 34.7 Å². The van der Waals surface area contributed by atoms with Crippen LogP contribution in [0.1, 0.15) is 15.9 Å². The summed E-state index contributed by atoms with van der Waals surface area (Å²) in [7, 11) is 0. The van der Waals surface area contributed by atoms with Crippen LogP contribution in [0.4, 0.5) is 28.5 Å². The third kappa shape index (κ3) is 4.81. The molecule has 1 aliphatic rings. The van der Waals surface area contributed by atoms with Gasteiger partial charge in [-0.3, -0.25) is 10.1 Å². The van der Waals surface area contributed by atoms with E-state index in [9.17, 15) is 32.3 Å². The normalized spacial score (nSPS) is 16.0. The fourth-order valence-electron chi connectivity index (χ4n) is 3.20. The highest BCUT2D eigenvalue weighted by molar-refractivity contribution is 7.99. The maximum absolute atomic E-state index is 14.4. The van der Waals surface area contributed by atoms with Crippen molar-refractivity contribution in [1.29, 1.82) is 0 Å². The molecule has 7 nitrogen and oxygen atoms in total. The van der Waals surface area contributed by atoms with Crippen molar-refractivity contribution in [2.45, 2.75) is 12.2 Å². The first kappa shape index (κ1) is 24.2. The summed E-state index contributed by atoms with van der Waals surface area (Å²) in [5.74, 6) is -2.15. The number of hydrogen-bond acceptors (Lipinski definition) is 7. The number of aliphatic carboxylic acids is 1. The second-order valence-corrected chi connectivity index (χ2v) is 9.28. The number of hydrogen-bond donors (Lipinski definition) is 2. The van der Waals surface area contributed by atoms with E-state index in [2.05, 4.69) is 15.3 Å². The van der Waals surface area contributed by atoms with Crippen molar-refractivity contribution in [2.75, 3.05) is 21.8 Å². The van der Waals surface area contributed by atoms with Crippen LogP contribution in [0.2, 0.25) is 5.02 Å². The smallest absolute Gasteiger partial charge is 0.419 e. The summed E-state index contributed by atoms with van der Waals surface area (Å²) in [6, 6.07) is 3.39. The zero-order valence-electron chi connectivity index (χ0n) is 16.8. The standard InChI is InChI=1S/C20H13ClF4N4O3S2/c21-12-4-9(5-26-16(12)29-8-33-7-14(29)18(31)32)17(30)28-19-27-13(6-34-19)10-2-1-3-11(15(10)22)20(23,24)25/h1-6,14H,7-8H2,(H,31,32)(H,27,28,30). The molecule has 1 amide bonds. The molecule has 0 aliphatic carbocycles. The maximum atomic E-state index is 14.4. The fourth-order valence-corrected chi connectivity index (χ4v) is 5.33. The number of alkyl halides is 3. The number of nitrogens with one attached hydrogen (secondary N) is 1. The number of benzene rings is 1. The summed E-state index contributed by atoms with van der Waals surface area (Å²) in [4.78, 5) is 33.7. The van der Waals surface area contributed by atoms with E-state index >= 15 is 0 Å². The topological polar surface area (TPSA) is 95.4 Å². The Bertz CT molecular complexity index is 1270. The number of carbonyl (C=O) groups excluding carboxylic acids is 1. The Morgan fingerprint density at radius 1 is 1.29 bits per heavy atom. The molecule has 1 saturated heterocycles. The van der Waals surface area contributed by atoms with E-state index in [1.54, 1.807) is 0 Å². The van der Waals surface area contributed by atoms with E-state index in [0.29, 0.717) is 17.7 Å². The van der Waals surface area contributed by atoms with Gasteiger partial charge < -0.3 is 10.0 Å². The van der Waals surface area contributed by atoms with Gasteiger partial charge in [0.1, 0.15) is 17.7 Å². The molecule has 4 rings (SSSR count). The largest absolute Gasteiger partial charge is 0.480 e. The molecular weight excluding hydrogens is 520 g/mol. The van der Waals surface area contributed by atoms with Gasteiger partial charge in [0.15, 0.2) is 5.13 Å². The third-order valence-corrected chi connectivity index (χ3v) is 6.88. The highest BCUT2D eigenvalue weighted by atomic mass is 35.5. The van der Waals surface area contributed by atoms with Gasteiger partial charge in [0.2, 0.25) is 0 Å². The number of aromatic nitrogens is 2. The minimum atomic E-state index is -4.86. The number of carboxylic acid groups (broad SMARTS) is 1. The molecule has 1 aromatic carbocycles. The first-order chi connectivity index (χ1) is 16.1. The second-order valence-electron chi connectivity index (χ2n) is 7.01. The summed E-state index contributed by atoms with van der Waals surface area (Å²) in [6.45, 7) is 0. The molecular formula is C20H13ClF4N4O3S2. The quantitative estimate of drug-likeness (QED) is 0.434. The van der Waals surface area contributed by atoms with Crippen molar-refractivity contribution in [2.24, 2.45) is 0 Å². The number of amides is 1. The van der Waals surface area contributed by atoms with Crippen LogP contribution < -0.4 is 10.2 Å². The number of nitrogens with zero attached hydrogens (tertiary/aromatic N) is 3. The Morgan fingerprint density at radius 3 is 2.74 bits per heavy atom. The average molecular weight is 533 g/mol. The summed E-state index contributed by atoms with van der Waals surface area (Å²) in [6.07, 6.45) is -3.64. The predicted molar refractivity (Wildman–Crippen MR) is 121 cm³/mol. The van der Waals surface area contributed by atoms with E-state index in [4.69, 9.17) is 11.6 Å². The molecule has 3 heterocycles. The molecule has 14 heteroatoms. The Morgan fingerprint density at radius 2 is 2.06 bits per heavy atom. The van der Waals surface area contributed by atoms with Gasteiger partial charge in [-0.2, -0.15) is 13.2 Å². The number of carboxylic acids is 1. The van der Waals surface area contributed by atoms with Crippen LogP contribution in [0, 0.1) is 5.82 Å². The monoisotopic (exact) mass is 532 g/mol. The van der Waals surface area contributed by atoms with Crippen LogP contribution in [-0.4, -0.2) is 44.6 Å². The Labute approximate surface area is 202 Å². The maximum Gasteiger partial charge on any atom is 0.419 e. The number of rotatable bonds is 5. The summed E-state index contributed by atoms with van der Waals surface area (Å²) in [5.41, 5.74) is -1.78. The highest BCUT2D eigenvalue weighted by Gasteiger charge is 2.35. The van der Waals surface area contributed by atoms with Crippen LogP contribution in [0.25, 0.3) is 11.3 Å². The SMILES string of the molecule is O=C(Nc1nc(-c2cccc(C(F)(F)F)c2F)cs1)c1cnc(N2CSCC2C(=O)O)c(Cl)c1. The van der Waals surface area contributed by atoms with Crippen molar-refractivity contribution in [3.8, 4) is 11.3 Å². The van der Waals surface area contributed by atoms with Gasteiger partial charge in [0.05, 0.1) is 27.7 Å².